The van der Waals surface area contributed by atoms with E-state index in [1.54, 1.807) is 18.0 Å². The second kappa shape index (κ2) is 12.0. The van der Waals surface area contributed by atoms with Gasteiger partial charge in [0.15, 0.2) is 0 Å². The number of rotatable bonds is 7. The SMILES string of the molecule is CN(CCN(C)[C@H]1CC[C@H](NC(=O)c2cccc(-c3ccc4cccc(N)c4c3)n2)CC1)C(=O)OC(C)(C)C. The van der Waals surface area contributed by atoms with E-state index in [1.165, 1.54) is 0 Å². The van der Waals surface area contributed by atoms with Crippen LogP contribution in [0.25, 0.3) is 22.0 Å². The van der Waals surface area contributed by atoms with Gasteiger partial charge < -0.3 is 25.6 Å². The summed E-state index contributed by atoms with van der Waals surface area (Å²) in [6.07, 6.45) is 3.50. The Morgan fingerprint density at radius 1 is 1.00 bits per heavy atom. The summed E-state index contributed by atoms with van der Waals surface area (Å²) in [5.74, 6) is -0.145. The van der Waals surface area contributed by atoms with Crippen molar-refractivity contribution in [2.75, 3.05) is 32.9 Å². The Hall–Kier alpha value is -3.65. The molecule has 1 heterocycles. The summed E-state index contributed by atoms with van der Waals surface area (Å²) in [7, 11) is 3.87. The molecule has 4 rings (SSSR count). The number of likely N-dealkylation sites (N-methyl/N-ethyl adjacent to an activating group) is 2. The summed E-state index contributed by atoms with van der Waals surface area (Å²) < 4.78 is 5.44. The third kappa shape index (κ3) is 7.47. The van der Waals surface area contributed by atoms with Gasteiger partial charge in [-0.25, -0.2) is 9.78 Å². The number of amides is 2. The van der Waals surface area contributed by atoms with Gasteiger partial charge >= 0.3 is 6.09 Å². The second-order valence-electron chi connectivity index (χ2n) is 11.6. The predicted molar refractivity (Wildman–Crippen MR) is 157 cm³/mol. The van der Waals surface area contributed by atoms with E-state index in [9.17, 15) is 9.59 Å². The summed E-state index contributed by atoms with van der Waals surface area (Å²) in [6.45, 7) is 6.99. The first-order valence-corrected chi connectivity index (χ1v) is 13.7. The van der Waals surface area contributed by atoms with Gasteiger partial charge in [0, 0.05) is 48.9 Å². The van der Waals surface area contributed by atoms with Crippen LogP contribution < -0.4 is 11.1 Å². The molecule has 208 valence electrons. The van der Waals surface area contributed by atoms with E-state index in [4.69, 9.17) is 10.5 Å². The zero-order chi connectivity index (χ0) is 28.2. The third-order valence-electron chi connectivity index (χ3n) is 7.34. The van der Waals surface area contributed by atoms with E-state index in [1.807, 2.05) is 69.3 Å². The van der Waals surface area contributed by atoms with Gasteiger partial charge in [0.1, 0.15) is 11.3 Å². The standard InChI is InChI=1S/C31H41N5O3/c1-31(2,3)39-30(38)36(5)19-18-35(4)24-16-14-23(15-17-24)33-29(37)28-11-7-10-27(34-28)22-13-12-21-8-6-9-26(32)25(21)20-22/h6-13,20,23-24H,14-19,32H2,1-5H3,(H,33,37)/t23-,24-. The average Bonchev–Trinajstić information content (AvgIpc) is 2.91. The highest BCUT2D eigenvalue weighted by molar-refractivity contribution is 5.96. The van der Waals surface area contributed by atoms with E-state index >= 15 is 0 Å². The van der Waals surface area contributed by atoms with Crippen LogP contribution in [0.2, 0.25) is 0 Å². The molecule has 0 saturated heterocycles. The average molecular weight is 532 g/mol. The monoisotopic (exact) mass is 531 g/mol. The number of fused-ring (bicyclic) bond motifs is 1. The van der Waals surface area contributed by atoms with Gasteiger partial charge in [-0.15, -0.1) is 0 Å². The van der Waals surface area contributed by atoms with Crippen molar-refractivity contribution in [1.29, 1.82) is 0 Å². The van der Waals surface area contributed by atoms with Crippen LogP contribution in [0.4, 0.5) is 10.5 Å². The molecular formula is C31H41N5O3. The molecular weight excluding hydrogens is 490 g/mol. The van der Waals surface area contributed by atoms with E-state index in [-0.39, 0.29) is 18.0 Å². The maximum absolute atomic E-state index is 13.1. The molecule has 0 spiro atoms. The molecule has 3 N–H and O–H groups in total. The summed E-state index contributed by atoms with van der Waals surface area (Å²) in [4.78, 5) is 33.9. The van der Waals surface area contributed by atoms with Gasteiger partial charge in [0.05, 0.1) is 5.69 Å². The first-order valence-electron chi connectivity index (χ1n) is 13.7. The zero-order valence-electron chi connectivity index (χ0n) is 23.7. The fraction of sp³-hybridized carbons (Fsp3) is 0.452. The molecule has 1 fully saturated rings. The number of nitrogen functional groups attached to an aromatic ring is 1. The van der Waals surface area contributed by atoms with Gasteiger partial charge in [0.25, 0.3) is 5.91 Å². The number of ether oxygens (including phenoxy) is 1. The molecule has 8 nitrogen and oxygen atoms in total. The number of carbonyl (C=O) groups excluding carboxylic acids is 2. The molecule has 3 aromatic rings. The van der Waals surface area contributed by atoms with Crippen molar-refractivity contribution < 1.29 is 14.3 Å². The Bertz CT molecular complexity index is 1310. The molecule has 0 aliphatic heterocycles. The summed E-state index contributed by atoms with van der Waals surface area (Å²) >= 11 is 0. The lowest BCUT2D eigenvalue weighted by Gasteiger charge is -2.35. The minimum atomic E-state index is -0.498. The zero-order valence-corrected chi connectivity index (χ0v) is 23.7. The van der Waals surface area contributed by atoms with Crippen LogP contribution in [0, 0.1) is 0 Å². The molecule has 1 aliphatic carbocycles. The first kappa shape index (κ1) is 28.4. The maximum Gasteiger partial charge on any atom is 0.410 e. The van der Waals surface area contributed by atoms with E-state index < -0.39 is 5.60 Å². The van der Waals surface area contributed by atoms with E-state index in [0.29, 0.717) is 18.3 Å². The predicted octanol–water partition coefficient (Wildman–Crippen LogP) is 5.32. The lowest BCUT2D eigenvalue weighted by molar-refractivity contribution is 0.0276. The number of nitrogens with two attached hydrogens (primary N) is 1. The van der Waals surface area contributed by atoms with Crippen molar-refractivity contribution >= 4 is 28.5 Å². The highest BCUT2D eigenvalue weighted by atomic mass is 16.6. The third-order valence-corrected chi connectivity index (χ3v) is 7.34. The Morgan fingerprint density at radius 2 is 1.72 bits per heavy atom. The highest BCUT2D eigenvalue weighted by Crippen LogP contribution is 2.27. The molecule has 1 aliphatic rings. The highest BCUT2D eigenvalue weighted by Gasteiger charge is 2.26. The number of hydrogen-bond donors (Lipinski definition) is 2. The van der Waals surface area contributed by atoms with Crippen LogP contribution in [-0.2, 0) is 4.74 Å². The number of hydrogen-bond acceptors (Lipinski definition) is 6. The van der Waals surface area contributed by atoms with Gasteiger partial charge in [-0.2, -0.15) is 0 Å². The first-order chi connectivity index (χ1) is 18.5. The van der Waals surface area contributed by atoms with Crippen LogP contribution in [-0.4, -0.2) is 71.7 Å². The van der Waals surface area contributed by atoms with Gasteiger partial charge in [-0.3, -0.25) is 4.79 Å². The Kier molecular flexibility index (Phi) is 8.75. The van der Waals surface area contributed by atoms with Gasteiger partial charge in [-0.05, 0) is 83.2 Å². The summed E-state index contributed by atoms with van der Waals surface area (Å²) in [5.41, 5.74) is 8.48. The molecule has 0 atom stereocenters. The van der Waals surface area contributed by atoms with Crippen LogP contribution in [0.15, 0.2) is 54.6 Å². The van der Waals surface area contributed by atoms with Crippen LogP contribution in [0.3, 0.4) is 0 Å². The van der Waals surface area contributed by atoms with Crippen molar-refractivity contribution in [2.24, 2.45) is 0 Å². The second-order valence-corrected chi connectivity index (χ2v) is 11.6. The maximum atomic E-state index is 13.1. The number of anilines is 1. The Morgan fingerprint density at radius 3 is 2.44 bits per heavy atom. The van der Waals surface area contributed by atoms with Gasteiger partial charge in [0.2, 0.25) is 0 Å². The molecule has 0 radical (unpaired) electrons. The van der Waals surface area contributed by atoms with Crippen molar-refractivity contribution in [3.8, 4) is 11.3 Å². The summed E-state index contributed by atoms with van der Waals surface area (Å²) in [5, 5.41) is 5.24. The minimum Gasteiger partial charge on any atom is -0.444 e. The number of carbonyl (C=O) groups is 2. The topological polar surface area (TPSA) is 101 Å². The molecule has 0 bridgehead atoms. The lowest BCUT2D eigenvalue weighted by Crippen LogP contribution is -2.45. The Balaban J connectivity index is 1.28. The quantitative estimate of drug-likeness (QED) is 0.400. The van der Waals surface area contributed by atoms with Gasteiger partial charge in [-0.1, -0.05) is 30.3 Å². The van der Waals surface area contributed by atoms with Crippen molar-refractivity contribution in [3.05, 3.63) is 60.3 Å². The molecule has 2 aromatic carbocycles. The van der Waals surface area contributed by atoms with Crippen LogP contribution in [0.1, 0.15) is 56.9 Å². The molecule has 1 aromatic heterocycles. The smallest absolute Gasteiger partial charge is 0.410 e. The fourth-order valence-corrected chi connectivity index (χ4v) is 5.02. The molecule has 1 saturated carbocycles. The Labute approximate surface area is 231 Å². The van der Waals surface area contributed by atoms with E-state index in [0.717, 1.165) is 59.9 Å². The summed E-state index contributed by atoms with van der Waals surface area (Å²) in [6, 6.07) is 18.0. The molecule has 2 amide bonds. The normalized spacial score (nSPS) is 17.7. The largest absolute Gasteiger partial charge is 0.444 e. The molecule has 8 heteroatoms. The molecule has 39 heavy (non-hydrogen) atoms. The van der Waals surface area contributed by atoms with E-state index in [2.05, 4.69) is 22.2 Å². The number of benzene rings is 2. The van der Waals surface area contributed by atoms with Crippen LogP contribution >= 0.6 is 0 Å². The number of pyridine rings is 1. The van der Waals surface area contributed by atoms with Crippen molar-refractivity contribution in [3.63, 3.8) is 0 Å². The number of nitrogens with zero attached hydrogens (tertiary/aromatic N) is 3. The lowest BCUT2D eigenvalue weighted by atomic mass is 9.90. The minimum absolute atomic E-state index is 0.123. The van der Waals surface area contributed by atoms with Crippen molar-refractivity contribution in [2.45, 2.75) is 64.1 Å². The van der Waals surface area contributed by atoms with Crippen LogP contribution in [0.5, 0.6) is 0 Å². The fourth-order valence-electron chi connectivity index (χ4n) is 5.02. The number of aromatic nitrogens is 1. The van der Waals surface area contributed by atoms with Crippen molar-refractivity contribution in [1.82, 2.24) is 20.1 Å². The molecule has 0 unspecified atom stereocenters. The number of nitrogens with one attached hydrogen (secondary N) is 1.